The predicted molar refractivity (Wildman–Crippen MR) is 87.0 cm³/mol. The molecule has 0 aliphatic carbocycles. The Morgan fingerprint density at radius 2 is 2.14 bits per heavy atom. The average Bonchev–Trinajstić information content (AvgIpc) is 2.92. The van der Waals surface area contributed by atoms with Gasteiger partial charge < -0.3 is 15.0 Å². The lowest BCUT2D eigenvalue weighted by Crippen LogP contribution is -2.50. The Labute approximate surface area is 128 Å². The van der Waals surface area contributed by atoms with Crippen LogP contribution in [0.3, 0.4) is 0 Å². The Balaban J connectivity index is 1.60. The van der Waals surface area contributed by atoms with Gasteiger partial charge >= 0.3 is 0 Å². The molecule has 0 bridgehead atoms. The minimum atomic E-state index is 0.550. The molecule has 0 aromatic heterocycles. The molecule has 0 spiro atoms. The van der Waals surface area contributed by atoms with Gasteiger partial charge in [0.25, 0.3) is 0 Å². The molecule has 2 aliphatic heterocycles. The highest BCUT2D eigenvalue weighted by Crippen LogP contribution is 2.34. The largest absolute Gasteiger partial charge is 0.493 e. The maximum atomic E-state index is 5.83. The molecule has 3 rings (SSSR count). The quantitative estimate of drug-likeness (QED) is 0.901. The second kappa shape index (κ2) is 6.80. The lowest BCUT2D eigenvalue weighted by molar-refractivity contribution is 0.125. The van der Waals surface area contributed by atoms with E-state index in [1.54, 1.807) is 0 Å². The summed E-state index contributed by atoms with van der Waals surface area (Å²) < 4.78 is 5.83. The first-order valence-electron chi connectivity index (χ1n) is 8.49. The van der Waals surface area contributed by atoms with Crippen LogP contribution in [0.1, 0.15) is 38.2 Å². The van der Waals surface area contributed by atoms with Crippen LogP contribution in [0.2, 0.25) is 0 Å². The van der Waals surface area contributed by atoms with Gasteiger partial charge in [-0.2, -0.15) is 0 Å². The number of ether oxygens (including phenoxy) is 1. The maximum absolute atomic E-state index is 5.83. The number of hydrogen-bond acceptors (Lipinski definition) is 3. The smallest absolute Gasteiger partial charge is 0.122 e. The molecule has 2 aliphatic rings. The van der Waals surface area contributed by atoms with Crippen molar-refractivity contribution in [3.05, 3.63) is 29.8 Å². The highest BCUT2D eigenvalue weighted by atomic mass is 16.5. The number of hydrogen-bond donors (Lipinski definition) is 1. The van der Waals surface area contributed by atoms with E-state index < -0.39 is 0 Å². The van der Waals surface area contributed by atoms with Crippen LogP contribution in [0.25, 0.3) is 0 Å². The molecule has 1 saturated heterocycles. The molecule has 0 radical (unpaired) electrons. The van der Waals surface area contributed by atoms with Crippen molar-refractivity contribution in [1.82, 2.24) is 10.2 Å². The molecular weight excluding hydrogens is 260 g/mol. The van der Waals surface area contributed by atoms with Crippen LogP contribution < -0.4 is 10.1 Å². The zero-order chi connectivity index (χ0) is 14.7. The van der Waals surface area contributed by atoms with Crippen molar-refractivity contribution in [3.63, 3.8) is 0 Å². The number of fused-ring (bicyclic) bond motifs is 1. The van der Waals surface area contributed by atoms with Gasteiger partial charge in [-0.15, -0.1) is 0 Å². The molecule has 2 heterocycles. The first kappa shape index (κ1) is 14.9. The molecule has 1 fully saturated rings. The topological polar surface area (TPSA) is 24.5 Å². The van der Waals surface area contributed by atoms with Gasteiger partial charge in [-0.1, -0.05) is 38.5 Å². The third-order valence-electron chi connectivity index (χ3n) is 5.09. The van der Waals surface area contributed by atoms with Crippen molar-refractivity contribution in [1.29, 1.82) is 0 Å². The Bertz CT molecular complexity index is 462. The molecular formula is C18H28N2O. The van der Waals surface area contributed by atoms with Gasteiger partial charge in [-0.05, 0) is 31.5 Å². The van der Waals surface area contributed by atoms with E-state index in [0.29, 0.717) is 12.0 Å². The summed E-state index contributed by atoms with van der Waals surface area (Å²) in [6.45, 7) is 10.1. The summed E-state index contributed by atoms with van der Waals surface area (Å²) in [5, 5.41) is 3.66. The first-order chi connectivity index (χ1) is 10.3. The number of rotatable bonds is 5. The van der Waals surface area contributed by atoms with Crippen LogP contribution in [-0.2, 0) is 0 Å². The van der Waals surface area contributed by atoms with Crippen molar-refractivity contribution >= 4 is 0 Å². The van der Waals surface area contributed by atoms with Crippen LogP contribution >= 0.6 is 0 Å². The van der Waals surface area contributed by atoms with Crippen molar-refractivity contribution in [3.8, 4) is 5.75 Å². The monoisotopic (exact) mass is 288 g/mol. The van der Waals surface area contributed by atoms with Gasteiger partial charge in [-0.3, -0.25) is 0 Å². The fourth-order valence-electron chi connectivity index (χ4n) is 3.91. The molecule has 3 atom stereocenters. The van der Waals surface area contributed by atoms with Gasteiger partial charge in [0, 0.05) is 30.6 Å². The zero-order valence-corrected chi connectivity index (χ0v) is 13.3. The van der Waals surface area contributed by atoms with E-state index >= 15 is 0 Å². The second-order valence-electron chi connectivity index (χ2n) is 6.43. The summed E-state index contributed by atoms with van der Waals surface area (Å²) in [4.78, 5) is 2.65. The number of para-hydroxylation sites is 1. The fraction of sp³-hybridized carbons (Fsp3) is 0.667. The van der Waals surface area contributed by atoms with E-state index in [-0.39, 0.29) is 0 Å². The number of piperidine rings is 1. The summed E-state index contributed by atoms with van der Waals surface area (Å²) in [6.07, 6.45) is 2.55. The van der Waals surface area contributed by atoms with Crippen LogP contribution in [-0.4, -0.2) is 43.7 Å². The Hall–Kier alpha value is -1.06. The third-order valence-corrected chi connectivity index (χ3v) is 5.09. The predicted octanol–water partition coefficient (Wildman–Crippen LogP) is 2.87. The first-order valence-corrected chi connectivity index (χ1v) is 8.49. The summed E-state index contributed by atoms with van der Waals surface area (Å²) in [7, 11) is 0. The van der Waals surface area contributed by atoms with E-state index in [1.165, 1.54) is 31.5 Å². The normalized spacial score (nSPS) is 29.1. The van der Waals surface area contributed by atoms with Crippen molar-refractivity contribution in [2.45, 2.75) is 38.6 Å². The molecule has 0 saturated carbocycles. The average molecular weight is 288 g/mol. The highest BCUT2D eigenvalue weighted by molar-refractivity contribution is 5.39. The molecule has 3 unspecified atom stereocenters. The van der Waals surface area contributed by atoms with Gasteiger partial charge in [0.1, 0.15) is 5.75 Å². The van der Waals surface area contributed by atoms with E-state index in [9.17, 15) is 0 Å². The van der Waals surface area contributed by atoms with Crippen molar-refractivity contribution in [2.75, 3.05) is 32.8 Å². The minimum Gasteiger partial charge on any atom is -0.493 e. The van der Waals surface area contributed by atoms with E-state index in [4.69, 9.17) is 4.74 Å². The summed E-state index contributed by atoms with van der Waals surface area (Å²) >= 11 is 0. The Kier molecular flexibility index (Phi) is 4.81. The van der Waals surface area contributed by atoms with Gasteiger partial charge in [-0.25, -0.2) is 0 Å². The van der Waals surface area contributed by atoms with E-state index in [1.807, 2.05) is 0 Å². The molecule has 116 valence electrons. The fourth-order valence-corrected chi connectivity index (χ4v) is 3.91. The van der Waals surface area contributed by atoms with E-state index in [0.717, 1.165) is 31.4 Å². The third kappa shape index (κ3) is 3.24. The standard InChI is InChI=1S/C18H28N2O/c1-3-14-11-20(10-9-17(14)19-4-2)12-15-13-21-18-8-6-5-7-16(15)18/h5-8,14-15,17,19H,3-4,9-13H2,1-2H3. The van der Waals surface area contributed by atoms with Crippen molar-refractivity contribution in [2.24, 2.45) is 5.92 Å². The highest BCUT2D eigenvalue weighted by Gasteiger charge is 2.31. The van der Waals surface area contributed by atoms with Crippen molar-refractivity contribution < 1.29 is 4.74 Å². The summed E-state index contributed by atoms with van der Waals surface area (Å²) in [5.41, 5.74) is 1.40. The zero-order valence-electron chi connectivity index (χ0n) is 13.3. The lowest BCUT2D eigenvalue weighted by Gasteiger charge is -2.39. The lowest BCUT2D eigenvalue weighted by atomic mass is 9.89. The summed E-state index contributed by atoms with van der Waals surface area (Å²) in [5.74, 6) is 2.43. The molecule has 1 N–H and O–H groups in total. The summed E-state index contributed by atoms with van der Waals surface area (Å²) in [6, 6.07) is 9.24. The molecule has 21 heavy (non-hydrogen) atoms. The number of likely N-dealkylation sites (tertiary alicyclic amines) is 1. The molecule has 1 aromatic rings. The number of nitrogens with zero attached hydrogens (tertiary/aromatic N) is 1. The van der Waals surface area contributed by atoms with Gasteiger partial charge in [0.2, 0.25) is 0 Å². The molecule has 3 heteroatoms. The van der Waals surface area contributed by atoms with Gasteiger partial charge in [0.05, 0.1) is 6.61 Å². The SMILES string of the molecule is CCNC1CCN(CC2COc3ccccc32)CC1CC. The maximum Gasteiger partial charge on any atom is 0.122 e. The Morgan fingerprint density at radius 1 is 1.29 bits per heavy atom. The number of nitrogens with one attached hydrogen (secondary N) is 1. The van der Waals surface area contributed by atoms with Crippen LogP contribution in [0.4, 0.5) is 0 Å². The molecule has 1 aromatic carbocycles. The van der Waals surface area contributed by atoms with Gasteiger partial charge in [0.15, 0.2) is 0 Å². The van der Waals surface area contributed by atoms with Crippen LogP contribution in [0.5, 0.6) is 5.75 Å². The molecule has 3 nitrogen and oxygen atoms in total. The minimum absolute atomic E-state index is 0.550. The Morgan fingerprint density at radius 3 is 2.95 bits per heavy atom. The van der Waals surface area contributed by atoms with Crippen LogP contribution in [0, 0.1) is 5.92 Å². The van der Waals surface area contributed by atoms with E-state index in [2.05, 4.69) is 48.3 Å². The van der Waals surface area contributed by atoms with Crippen LogP contribution in [0.15, 0.2) is 24.3 Å². The number of benzene rings is 1. The molecule has 0 amide bonds. The second-order valence-corrected chi connectivity index (χ2v) is 6.43.